The zero-order valence-corrected chi connectivity index (χ0v) is 19.5. The number of para-hydroxylation sites is 3. The van der Waals surface area contributed by atoms with Crippen LogP contribution in [0.4, 0.5) is 5.69 Å². The molecule has 7 heteroatoms. The summed E-state index contributed by atoms with van der Waals surface area (Å²) in [5.74, 6) is 0.0886. The van der Waals surface area contributed by atoms with Crippen LogP contribution in [0.15, 0.2) is 111 Å². The van der Waals surface area contributed by atoms with Crippen LogP contribution in [-0.4, -0.2) is 10.9 Å². The van der Waals surface area contributed by atoms with Crippen LogP contribution in [0.1, 0.15) is 10.4 Å². The Morgan fingerprint density at radius 1 is 0.778 bits per heavy atom. The van der Waals surface area contributed by atoms with Crippen LogP contribution >= 0.6 is 11.6 Å². The normalized spacial score (nSPS) is 11.1. The first-order valence-corrected chi connectivity index (χ1v) is 11.5. The molecule has 0 aliphatic carbocycles. The van der Waals surface area contributed by atoms with E-state index in [9.17, 15) is 9.59 Å². The van der Waals surface area contributed by atoms with Crippen molar-refractivity contribution in [3.8, 4) is 22.6 Å². The Morgan fingerprint density at radius 3 is 2.31 bits per heavy atom. The van der Waals surface area contributed by atoms with Gasteiger partial charge in [-0.2, -0.15) is 0 Å². The van der Waals surface area contributed by atoms with Gasteiger partial charge in [-0.25, -0.2) is 9.78 Å². The van der Waals surface area contributed by atoms with Crippen LogP contribution in [0.5, 0.6) is 0 Å². The van der Waals surface area contributed by atoms with Crippen molar-refractivity contribution in [3.05, 3.63) is 118 Å². The summed E-state index contributed by atoms with van der Waals surface area (Å²) < 4.78 is 11.3. The summed E-state index contributed by atoms with van der Waals surface area (Å²) in [6.45, 7) is 0. The number of rotatable bonds is 4. The number of carbonyl (C=O) groups is 1. The number of nitrogens with one attached hydrogen (secondary N) is 1. The monoisotopic (exact) mass is 492 g/mol. The van der Waals surface area contributed by atoms with Gasteiger partial charge in [0.1, 0.15) is 11.1 Å². The molecule has 6 rings (SSSR count). The first-order chi connectivity index (χ1) is 17.5. The molecule has 0 saturated heterocycles. The van der Waals surface area contributed by atoms with Crippen molar-refractivity contribution in [2.45, 2.75) is 0 Å². The van der Waals surface area contributed by atoms with Crippen LogP contribution in [0.2, 0.25) is 5.02 Å². The van der Waals surface area contributed by atoms with Crippen LogP contribution in [0.25, 0.3) is 44.7 Å². The fourth-order valence-electron chi connectivity index (χ4n) is 4.01. The second kappa shape index (κ2) is 8.83. The molecule has 0 fully saturated rings. The van der Waals surface area contributed by atoms with Crippen LogP contribution < -0.4 is 10.9 Å². The van der Waals surface area contributed by atoms with E-state index in [1.165, 1.54) is 0 Å². The van der Waals surface area contributed by atoms with Gasteiger partial charge in [-0.05, 0) is 60.2 Å². The Balaban J connectivity index is 1.26. The standard InChI is InChI=1S/C29H17ClN2O4/c30-22-14-13-20(28-32-23-6-2-4-8-26(23)35-28)16-24(22)31-27(33)18-11-9-17(10-12-18)21-15-19-5-1-3-7-25(19)36-29(21)34/h1-16H,(H,31,33). The van der Waals surface area contributed by atoms with E-state index in [1.54, 1.807) is 54.6 Å². The van der Waals surface area contributed by atoms with Gasteiger partial charge in [-0.1, -0.05) is 54.1 Å². The third-order valence-corrected chi connectivity index (χ3v) is 6.18. The summed E-state index contributed by atoms with van der Waals surface area (Å²) in [7, 11) is 0. The molecular formula is C29H17ClN2O4. The first-order valence-electron chi connectivity index (χ1n) is 11.2. The molecule has 0 atom stereocenters. The smallest absolute Gasteiger partial charge is 0.344 e. The molecule has 0 saturated carbocycles. The molecule has 6 aromatic rings. The minimum absolute atomic E-state index is 0.344. The maximum atomic E-state index is 13.0. The number of fused-ring (bicyclic) bond motifs is 2. The summed E-state index contributed by atoms with van der Waals surface area (Å²) in [5.41, 5.74) is 4.11. The van der Waals surface area contributed by atoms with E-state index in [4.69, 9.17) is 20.4 Å². The van der Waals surface area contributed by atoms with Crippen LogP contribution in [0.3, 0.4) is 0 Å². The Hall–Kier alpha value is -4.68. The van der Waals surface area contributed by atoms with Gasteiger partial charge in [0.2, 0.25) is 5.89 Å². The van der Waals surface area contributed by atoms with Crippen molar-refractivity contribution in [2.75, 3.05) is 5.32 Å². The van der Waals surface area contributed by atoms with E-state index >= 15 is 0 Å². The highest BCUT2D eigenvalue weighted by Crippen LogP contribution is 2.31. The molecule has 1 amide bonds. The topological polar surface area (TPSA) is 85.3 Å². The van der Waals surface area contributed by atoms with Gasteiger partial charge in [0.15, 0.2) is 5.58 Å². The van der Waals surface area contributed by atoms with Crippen molar-refractivity contribution in [1.29, 1.82) is 0 Å². The molecule has 36 heavy (non-hydrogen) atoms. The molecule has 0 aliphatic rings. The van der Waals surface area contributed by atoms with Crippen molar-refractivity contribution < 1.29 is 13.6 Å². The number of nitrogens with zero attached hydrogens (tertiary/aromatic N) is 1. The maximum absolute atomic E-state index is 13.0. The van der Waals surface area contributed by atoms with E-state index in [0.717, 1.165) is 10.9 Å². The van der Waals surface area contributed by atoms with Gasteiger partial charge >= 0.3 is 5.63 Å². The molecule has 0 radical (unpaired) electrons. The maximum Gasteiger partial charge on any atom is 0.344 e. The average Bonchev–Trinajstić information content (AvgIpc) is 3.34. The SMILES string of the molecule is O=C(Nc1cc(-c2nc3ccccc3o2)ccc1Cl)c1ccc(-c2cc3ccccc3oc2=O)cc1. The molecule has 2 heterocycles. The minimum atomic E-state index is -0.436. The number of amides is 1. The predicted molar refractivity (Wildman–Crippen MR) is 140 cm³/mol. The fraction of sp³-hybridized carbons (Fsp3) is 0. The summed E-state index contributed by atoms with van der Waals surface area (Å²) in [4.78, 5) is 29.9. The quantitative estimate of drug-likeness (QED) is 0.263. The third kappa shape index (κ3) is 4.04. The Labute approximate surface area is 209 Å². The van der Waals surface area contributed by atoms with E-state index in [-0.39, 0.29) is 5.91 Å². The van der Waals surface area contributed by atoms with Crippen LogP contribution in [0, 0.1) is 0 Å². The third-order valence-electron chi connectivity index (χ3n) is 5.85. The van der Waals surface area contributed by atoms with Gasteiger partial charge in [0.05, 0.1) is 16.3 Å². The molecule has 6 nitrogen and oxygen atoms in total. The number of halogens is 1. The molecule has 174 valence electrons. The lowest BCUT2D eigenvalue weighted by Crippen LogP contribution is -2.12. The number of carbonyl (C=O) groups excluding carboxylic acids is 1. The van der Waals surface area contributed by atoms with E-state index in [0.29, 0.717) is 50.0 Å². The minimum Gasteiger partial charge on any atom is -0.436 e. The lowest BCUT2D eigenvalue weighted by Gasteiger charge is -2.09. The summed E-state index contributed by atoms with van der Waals surface area (Å²) >= 11 is 6.35. The van der Waals surface area contributed by atoms with Gasteiger partial charge in [-0.3, -0.25) is 4.79 Å². The number of hydrogen-bond donors (Lipinski definition) is 1. The van der Waals surface area contributed by atoms with Gasteiger partial charge in [0.25, 0.3) is 5.91 Å². The van der Waals surface area contributed by atoms with E-state index in [2.05, 4.69) is 10.3 Å². The van der Waals surface area contributed by atoms with E-state index in [1.807, 2.05) is 42.5 Å². The molecular weight excluding hydrogens is 476 g/mol. The first kappa shape index (κ1) is 21.8. The van der Waals surface area contributed by atoms with Crippen molar-refractivity contribution in [1.82, 2.24) is 4.98 Å². The highest BCUT2D eigenvalue weighted by atomic mass is 35.5. The van der Waals surface area contributed by atoms with Gasteiger partial charge in [-0.15, -0.1) is 0 Å². The zero-order chi connectivity index (χ0) is 24.6. The molecule has 0 aliphatic heterocycles. The molecule has 2 aromatic heterocycles. The highest BCUT2D eigenvalue weighted by Gasteiger charge is 2.14. The van der Waals surface area contributed by atoms with Gasteiger partial charge in [0, 0.05) is 16.5 Å². The second-order valence-electron chi connectivity index (χ2n) is 8.20. The zero-order valence-electron chi connectivity index (χ0n) is 18.7. The summed E-state index contributed by atoms with van der Waals surface area (Å²) in [6.07, 6.45) is 0. The van der Waals surface area contributed by atoms with Crippen molar-refractivity contribution in [2.24, 2.45) is 0 Å². The fourth-order valence-corrected chi connectivity index (χ4v) is 4.17. The average molecular weight is 493 g/mol. The lowest BCUT2D eigenvalue weighted by atomic mass is 10.0. The Bertz CT molecular complexity index is 1790. The molecule has 1 N–H and O–H groups in total. The van der Waals surface area contributed by atoms with Gasteiger partial charge < -0.3 is 14.2 Å². The van der Waals surface area contributed by atoms with Crippen molar-refractivity contribution in [3.63, 3.8) is 0 Å². The largest absolute Gasteiger partial charge is 0.436 e. The van der Waals surface area contributed by atoms with E-state index < -0.39 is 5.63 Å². The molecule has 0 unspecified atom stereocenters. The number of benzene rings is 4. The summed E-state index contributed by atoms with van der Waals surface area (Å²) in [6, 6.07) is 28.5. The Morgan fingerprint density at radius 2 is 1.50 bits per heavy atom. The lowest BCUT2D eigenvalue weighted by molar-refractivity contribution is 0.102. The van der Waals surface area contributed by atoms with Crippen molar-refractivity contribution >= 4 is 45.3 Å². The number of hydrogen-bond acceptors (Lipinski definition) is 5. The summed E-state index contributed by atoms with van der Waals surface area (Å²) in [5, 5.41) is 4.05. The highest BCUT2D eigenvalue weighted by molar-refractivity contribution is 6.34. The number of oxazole rings is 1. The second-order valence-corrected chi connectivity index (χ2v) is 8.61. The number of aromatic nitrogens is 1. The predicted octanol–water partition coefficient (Wildman–Crippen LogP) is 7.17. The molecule has 0 spiro atoms. The molecule has 0 bridgehead atoms. The number of anilines is 1. The molecule has 4 aromatic carbocycles. The van der Waals surface area contributed by atoms with Crippen LogP contribution in [-0.2, 0) is 0 Å². The Kier molecular flexibility index (Phi) is 5.36.